The van der Waals surface area contributed by atoms with E-state index in [0.29, 0.717) is 13.2 Å². The molecule has 0 N–H and O–H groups in total. The third-order valence-electron chi connectivity index (χ3n) is 1.32. The largest absolute Gasteiger partial charge is 0.393 e. The van der Waals surface area contributed by atoms with E-state index in [4.69, 9.17) is 32.1 Å². The Balaban J connectivity index is 3.66. The zero-order valence-corrected chi connectivity index (χ0v) is 11.2. The Hall–Kier alpha value is 0.717. The van der Waals surface area contributed by atoms with Gasteiger partial charge in [0.1, 0.15) is 0 Å². The third kappa shape index (κ3) is 9.03. The summed E-state index contributed by atoms with van der Waals surface area (Å²) in [7, 11) is -2.00. The summed E-state index contributed by atoms with van der Waals surface area (Å²) in [5.74, 6) is 0. The highest BCUT2D eigenvalue weighted by Crippen LogP contribution is 2.10. The summed E-state index contributed by atoms with van der Waals surface area (Å²) in [5, 5.41) is 0.0626. The van der Waals surface area contributed by atoms with Crippen molar-refractivity contribution in [1.29, 1.82) is 0 Å². The van der Waals surface area contributed by atoms with Gasteiger partial charge in [0.15, 0.2) is 0 Å². The van der Waals surface area contributed by atoms with E-state index in [1.807, 2.05) is 26.9 Å². The zero-order chi connectivity index (χ0) is 10.5. The van der Waals surface area contributed by atoms with Gasteiger partial charge in [-0.05, 0) is 26.9 Å². The molecule has 80 valence electrons. The van der Waals surface area contributed by atoms with Crippen molar-refractivity contribution in [3.63, 3.8) is 0 Å². The first kappa shape index (κ1) is 13.7. The Kier molecular flexibility index (Phi) is 6.59. The van der Waals surface area contributed by atoms with Crippen molar-refractivity contribution < 1.29 is 8.85 Å². The van der Waals surface area contributed by atoms with Crippen LogP contribution in [0.15, 0.2) is 0 Å². The van der Waals surface area contributed by atoms with Gasteiger partial charge < -0.3 is 8.85 Å². The maximum atomic E-state index is 5.76. The zero-order valence-electron chi connectivity index (χ0n) is 8.64. The van der Waals surface area contributed by atoms with Crippen molar-refractivity contribution >= 4 is 31.8 Å². The minimum atomic E-state index is -2.00. The van der Waals surface area contributed by atoms with Crippen LogP contribution in [0, 0.1) is 0 Å². The number of rotatable bonds is 6. The second-order valence-corrected chi connectivity index (χ2v) is 8.45. The highest BCUT2D eigenvalue weighted by atomic mass is 35.5. The normalized spacial score (nSPS) is 17.1. The Bertz CT molecular complexity index is 126. The molecule has 0 bridgehead atoms. The monoisotopic (exact) mass is 244 g/mol. The van der Waals surface area contributed by atoms with Crippen LogP contribution in [0.25, 0.3) is 0 Å². The van der Waals surface area contributed by atoms with Gasteiger partial charge >= 0.3 is 8.56 Å². The molecule has 0 aliphatic heterocycles. The summed E-state index contributed by atoms with van der Waals surface area (Å²) >= 11 is 11.5. The number of hydrogen-bond donors (Lipinski definition) is 0. The van der Waals surface area contributed by atoms with Gasteiger partial charge in [-0.2, -0.15) is 0 Å². The summed E-state index contributed by atoms with van der Waals surface area (Å²) in [6, 6.07) is 0. The van der Waals surface area contributed by atoms with Crippen LogP contribution in [0.2, 0.25) is 13.1 Å². The smallest absolute Gasteiger partial charge is 0.331 e. The van der Waals surface area contributed by atoms with Crippen molar-refractivity contribution in [1.82, 2.24) is 0 Å². The minimum absolute atomic E-state index is 0.0313. The fourth-order valence-corrected chi connectivity index (χ4v) is 2.40. The van der Waals surface area contributed by atoms with Crippen LogP contribution < -0.4 is 0 Å². The average Bonchev–Trinajstić information content (AvgIpc) is 1.98. The molecule has 0 aliphatic rings. The minimum Gasteiger partial charge on any atom is -0.393 e. The average molecular weight is 245 g/mol. The highest BCUT2D eigenvalue weighted by Gasteiger charge is 2.25. The lowest BCUT2D eigenvalue weighted by Gasteiger charge is -2.24. The van der Waals surface area contributed by atoms with E-state index in [1.54, 1.807) is 0 Å². The van der Waals surface area contributed by atoms with Gasteiger partial charge in [-0.25, -0.2) is 0 Å². The molecule has 0 aliphatic carbocycles. The molecule has 0 rings (SSSR count). The molecule has 0 aromatic rings. The van der Waals surface area contributed by atoms with E-state index in [1.165, 1.54) is 0 Å². The molecular weight excluding hydrogens is 227 g/mol. The Labute approximate surface area is 91.8 Å². The lowest BCUT2D eigenvalue weighted by molar-refractivity contribution is 0.182. The van der Waals surface area contributed by atoms with Crippen molar-refractivity contribution in [2.45, 2.75) is 37.7 Å². The second-order valence-electron chi connectivity index (χ2n) is 3.58. The first-order valence-electron chi connectivity index (χ1n) is 4.39. The molecule has 0 aromatic heterocycles. The molecular formula is C8H18Cl2O2Si. The Morgan fingerprint density at radius 1 is 1.00 bits per heavy atom. The van der Waals surface area contributed by atoms with Crippen LogP contribution in [-0.2, 0) is 8.85 Å². The van der Waals surface area contributed by atoms with Gasteiger partial charge in [-0.15, -0.1) is 23.2 Å². The SMILES string of the molecule is CC(Cl)CO[Si](C)(C)OCC(C)Cl. The molecule has 5 heteroatoms. The molecule has 13 heavy (non-hydrogen) atoms. The van der Waals surface area contributed by atoms with Crippen LogP contribution in [0.3, 0.4) is 0 Å². The number of halogens is 2. The molecule has 2 nitrogen and oxygen atoms in total. The van der Waals surface area contributed by atoms with Gasteiger partial charge in [-0.3, -0.25) is 0 Å². The van der Waals surface area contributed by atoms with Gasteiger partial charge in [0.05, 0.1) is 24.0 Å². The van der Waals surface area contributed by atoms with Crippen molar-refractivity contribution in [2.24, 2.45) is 0 Å². The molecule has 0 aromatic carbocycles. The van der Waals surface area contributed by atoms with E-state index >= 15 is 0 Å². The fourth-order valence-electron chi connectivity index (χ4n) is 0.673. The third-order valence-corrected chi connectivity index (χ3v) is 3.30. The Morgan fingerprint density at radius 3 is 1.54 bits per heavy atom. The summed E-state index contributed by atoms with van der Waals surface area (Å²) in [4.78, 5) is 0. The summed E-state index contributed by atoms with van der Waals surface area (Å²) in [6.45, 7) is 8.86. The standard InChI is InChI=1S/C8H18Cl2O2Si/c1-7(9)5-11-13(3,4)12-6-8(2)10/h7-8H,5-6H2,1-4H3. The molecule has 0 saturated carbocycles. The first-order chi connectivity index (χ1) is 5.83. The highest BCUT2D eigenvalue weighted by molar-refractivity contribution is 6.64. The van der Waals surface area contributed by atoms with Crippen LogP contribution in [0.1, 0.15) is 13.8 Å². The molecule has 2 unspecified atom stereocenters. The van der Waals surface area contributed by atoms with E-state index in [9.17, 15) is 0 Å². The predicted molar refractivity (Wildman–Crippen MR) is 60.0 cm³/mol. The molecule has 0 heterocycles. The van der Waals surface area contributed by atoms with E-state index in [0.717, 1.165) is 0 Å². The molecule has 0 fully saturated rings. The van der Waals surface area contributed by atoms with Crippen molar-refractivity contribution in [2.75, 3.05) is 13.2 Å². The number of hydrogen-bond acceptors (Lipinski definition) is 2. The van der Waals surface area contributed by atoms with Crippen LogP contribution in [-0.4, -0.2) is 32.5 Å². The van der Waals surface area contributed by atoms with E-state index in [-0.39, 0.29) is 10.8 Å². The summed E-state index contributed by atoms with van der Waals surface area (Å²) in [5.41, 5.74) is 0. The topological polar surface area (TPSA) is 18.5 Å². The van der Waals surface area contributed by atoms with E-state index < -0.39 is 8.56 Å². The lowest BCUT2D eigenvalue weighted by Crippen LogP contribution is -2.38. The van der Waals surface area contributed by atoms with Crippen LogP contribution in [0.5, 0.6) is 0 Å². The first-order valence-corrected chi connectivity index (χ1v) is 8.08. The van der Waals surface area contributed by atoms with Crippen molar-refractivity contribution in [3.05, 3.63) is 0 Å². The molecule has 0 saturated heterocycles. The molecule has 2 atom stereocenters. The summed E-state index contributed by atoms with van der Waals surface area (Å²) < 4.78 is 11.1. The maximum absolute atomic E-state index is 5.76. The van der Waals surface area contributed by atoms with Gasteiger partial charge in [0, 0.05) is 0 Å². The quantitative estimate of drug-likeness (QED) is 0.529. The molecule has 0 radical (unpaired) electrons. The van der Waals surface area contributed by atoms with Gasteiger partial charge in [0.2, 0.25) is 0 Å². The maximum Gasteiger partial charge on any atom is 0.331 e. The van der Waals surface area contributed by atoms with Crippen LogP contribution >= 0.6 is 23.2 Å². The molecule has 0 spiro atoms. The molecule has 0 amide bonds. The Morgan fingerprint density at radius 2 is 1.31 bits per heavy atom. The van der Waals surface area contributed by atoms with Crippen molar-refractivity contribution in [3.8, 4) is 0 Å². The van der Waals surface area contributed by atoms with Gasteiger partial charge in [-0.1, -0.05) is 0 Å². The number of alkyl halides is 2. The van der Waals surface area contributed by atoms with E-state index in [2.05, 4.69) is 0 Å². The second kappa shape index (κ2) is 6.25. The lowest BCUT2D eigenvalue weighted by atomic mass is 10.5. The van der Waals surface area contributed by atoms with Crippen LogP contribution in [0.4, 0.5) is 0 Å². The summed E-state index contributed by atoms with van der Waals surface area (Å²) in [6.07, 6.45) is 0. The van der Waals surface area contributed by atoms with Gasteiger partial charge in [0.25, 0.3) is 0 Å². The predicted octanol–water partition coefficient (Wildman–Crippen LogP) is 2.98. The fraction of sp³-hybridized carbons (Fsp3) is 1.00.